The molecule has 0 unspecified atom stereocenters. The number of carbonyl (C=O) groups is 4. The fourth-order valence-electron chi connectivity index (χ4n) is 2.96. The molecule has 170 valence electrons. The molecule has 2 N–H and O–H groups in total. The average Bonchev–Trinajstić information content (AvgIpc) is 2.65. The van der Waals surface area contributed by atoms with E-state index in [2.05, 4.69) is 0 Å². The highest BCUT2D eigenvalue weighted by molar-refractivity contribution is 7.99. The third kappa shape index (κ3) is 7.44. The molecule has 31 heavy (non-hydrogen) atoms. The number of anilines is 1. The van der Waals surface area contributed by atoms with Gasteiger partial charge in [0.05, 0.1) is 0 Å². The van der Waals surface area contributed by atoms with Gasteiger partial charge < -0.3 is 29.4 Å². The summed E-state index contributed by atoms with van der Waals surface area (Å²) in [5, 5.41) is 0. The Hall–Kier alpha value is -2.79. The van der Waals surface area contributed by atoms with Gasteiger partial charge in [-0.1, -0.05) is 11.8 Å². The van der Waals surface area contributed by atoms with E-state index >= 15 is 0 Å². The first-order valence-corrected chi connectivity index (χ1v) is 10.3. The molecular formula is C20H25NO9S. The predicted octanol–water partition coefficient (Wildman–Crippen LogP) is 1.44. The first-order valence-electron chi connectivity index (χ1n) is 9.39. The molecule has 2 rings (SSSR count). The minimum atomic E-state index is -1.19. The molecule has 0 aromatic heterocycles. The molecule has 1 saturated heterocycles. The number of hydrogen-bond acceptors (Lipinski definition) is 11. The smallest absolute Gasteiger partial charge is 0.303 e. The van der Waals surface area contributed by atoms with Crippen LogP contribution in [0.2, 0.25) is 0 Å². The van der Waals surface area contributed by atoms with E-state index in [1.165, 1.54) is 39.5 Å². The molecule has 1 aliphatic rings. The summed E-state index contributed by atoms with van der Waals surface area (Å²) < 4.78 is 27.2. The largest absolute Gasteiger partial charge is 0.463 e. The van der Waals surface area contributed by atoms with Gasteiger partial charge in [-0.3, -0.25) is 19.2 Å². The van der Waals surface area contributed by atoms with Crippen LogP contribution in [-0.4, -0.2) is 60.3 Å². The van der Waals surface area contributed by atoms with Crippen molar-refractivity contribution in [2.75, 3.05) is 12.3 Å². The van der Waals surface area contributed by atoms with Crippen molar-refractivity contribution in [1.82, 2.24) is 0 Å². The number of nitrogens with two attached hydrogens (primary N) is 1. The van der Waals surface area contributed by atoms with Gasteiger partial charge in [0.15, 0.2) is 18.3 Å². The zero-order valence-electron chi connectivity index (χ0n) is 17.6. The third-order valence-electron chi connectivity index (χ3n) is 4.08. The van der Waals surface area contributed by atoms with Gasteiger partial charge in [-0.2, -0.15) is 0 Å². The number of nitrogen functional groups attached to an aromatic ring is 1. The molecule has 0 spiro atoms. The van der Waals surface area contributed by atoms with Crippen molar-refractivity contribution < 1.29 is 42.9 Å². The summed E-state index contributed by atoms with van der Waals surface area (Å²) in [4.78, 5) is 47.4. The number of benzene rings is 1. The number of esters is 4. The summed E-state index contributed by atoms with van der Waals surface area (Å²) in [7, 11) is 0. The Morgan fingerprint density at radius 3 is 1.87 bits per heavy atom. The lowest BCUT2D eigenvalue weighted by Gasteiger charge is -2.44. The molecule has 1 fully saturated rings. The molecule has 1 aromatic carbocycles. The van der Waals surface area contributed by atoms with Crippen LogP contribution in [0.25, 0.3) is 0 Å². The first-order chi connectivity index (χ1) is 14.6. The van der Waals surface area contributed by atoms with Crippen LogP contribution in [0.1, 0.15) is 27.7 Å². The minimum absolute atomic E-state index is 0.267. The molecule has 1 aromatic rings. The van der Waals surface area contributed by atoms with Gasteiger partial charge in [0.1, 0.15) is 18.1 Å². The molecule has 11 heteroatoms. The summed E-state index contributed by atoms with van der Waals surface area (Å²) in [6, 6.07) is 6.86. The third-order valence-corrected chi connectivity index (χ3v) is 5.24. The van der Waals surface area contributed by atoms with Crippen LogP contribution in [-0.2, 0) is 42.9 Å². The van der Waals surface area contributed by atoms with E-state index < -0.39 is 53.7 Å². The normalized spacial score (nSPS) is 25.2. The molecule has 1 aliphatic heterocycles. The van der Waals surface area contributed by atoms with E-state index in [4.69, 9.17) is 29.4 Å². The van der Waals surface area contributed by atoms with Gasteiger partial charge in [0.25, 0.3) is 0 Å². The maximum Gasteiger partial charge on any atom is 0.303 e. The van der Waals surface area contributed by atoms with Gasteiger partial charge in [0.2, 0.25) is 0 Å². The summed E-state index contributed by atoms with van der Waals surface area (Å²) in [5.74, 6) is -2.57. The fourth-order valence-corrected chi connectivity index (χ4v) is 4.07. The lowest BCUT2D eigenvalue weighted by Crippen LogP contribution is -2.61. The monoisotopic (exact) mass is 455 g/mol. The van der Waals surface area contributed by atoms with E-state index in [1.807, 2.05) is 0 Å². The quantitative estimate of drug-likeness (QED) is 0.363. The maximum atomic E-state index is 11.8. The lowest BCUT2D eigenvalue weighted by molar-refractivity contribution is -0.237. The Kier molecular flexibility index (Phi) is 8.69. The Morgan fingerprint density at radius 1 is 0.839 bits per heavy atom. The zero-order valence-corrected chi connectivity index (χ0v) is 18.4. The molecule has 10 nitrogen and oxygen atoms in total. The Labute approximate surface area is 183 Å². The van der Waals surface area contributed by atoms with Crippen LogP contribution in [0, 0.1) is 0 Å². The van der Waals surface area contributed by atoms with E-state index in [-0.39, 0.29) is 6.61 Å². The summed E-state index contributed by atoms with van der Waals surface area (Å²) in [5.41, 5.74) is 5.41. The van der Waals surface area contributed by atoms with Crippen LogP contribution >= 0.6 is 11.8 Å². The van der Waals surface area contributed by atoms with Crippen molar-refractivity contribution in [2.45, 2.75) is 62.4 Å². The Bertz CT molecular complexity index is 813. The molecule has 0 radical (unpaired) electrons. The number of thioether (sulfide) groups is 1. The second-order valence-electron chi connectivity index (χ2n) is 6.75. The topological polar surface area (TPSA) is 140 Å². The highest BCUT2D eigenvalue weighted by Crippen LogP contribution is 2.37. The summed E-state index contributed by atoms with van der Waals surface area (Å²) in [6.07, 6.45) is -4.45. The molecule has 5 atom stereocenters. The predicted molar refractivity (Wildman–Crippen MR) is 109 cm³/mol. The van der Waals surface area contributed by atoms with Crippen molar-refractivity contribution in [3.05, 3.63) is 24.3 Å². The van der Waals surface area contributed by atoms with Gasteiger partial charge in [-0.15, -0.1) is 0 Å². The highest BCUT2D eigenvalue weighted by Gasteiger charge is 2.52. The maximum absolute atomic E-state index is 11.8. The van der Waals surface area contributed by atoms with E-state index in [1.54, 1.807) is 24.3 Å². The molecule has 0 amide bonds. The van der Waals surface area contributed by atoms with E-state index in [0.717, 1.165) is 4.90 Å². The van der Waals surface area contributed by atoms with Crippen molar-refractivity contribution >= 4 is 41.3 Å². The van der Waals surface area contributed by atoms with Crippen molar-refractivity contribution in [3.8, 4) is 0 Å². The summed E-state index contributed by atoms with van der Waals surface area (Å²) >= 11 is 1.19. The molecule has 1 heterocycles. The average molecular weight is 455 g/mol. The van der Waals surface area contributed by atoms with Crippen molar-refractivity contribution in [1.29, 1.82) is 0 Å². The van der Waals surface area contributed by atoms with Crippen LogP contribution in [0.4, 0.5) is 5.69 Å². The Morgan fingerprint density at radius 2 is 1.35 bits per heavy atom. The van der Waals surface area contributed by atoms with E-state index in [0.29, 0.717) is 5.69 Å². The van der Waals surface area contributed by atoms with Gasteiger partial charge >= 0.3 is 23.9 Å². The minimum Gasteiger partial charge on any atom is -0.463 e. The Balaban J connectivity index is 2.43. The number of rotatable bonds is 7. The SMILES string of the molecule is CC(=O)OC[C@H]1O[C@@H](Sc2ccc(N)cc2)[C@H](OC(C)=O)[C@@H](OC(C)=O)[C@@H]1OC(C)=O. The van der Waals surface area contributed by atoms with Crippen LogP contribution < -0.4 is 5.73 Å². The molecular weight excluding hydrogens is 430 g/mol. The van der Waals surface area contributed by atoms with Crippen LogP contribution in [0.15, 0.2) is 29.2 Å². The van der Waals surface area contributed by atoms with Crippen molar-refractivity contribution in [2.24, 2.45) is 0 Å². The second kappa shape index (κ2) is 11.0. The van der Waals surface area contributed by atoms with Gasteiger partial charge in [0, 0.05) is 38.3 Å². The van der Waals surface area contributed by atoms with Crippen molar-refractivity contribution in [3.63, 3.8) is 0 Å². The molecule has 0 bridgehead atoms. The highest BCUT2D eigenvalue weighted by atomic mass is 32.2. The van der Waals surface area contributed by atoms with Gasteiger partial charge in [-0.25, -0.2) is 0 Å². The second-order valence-corrected chi connectivity index (χ2v) is 7.93. The van der Waals surface area contributed by atoms with Crippen LogP contribution in [0.3, 0.4) is 0 Å². The zero-order chi connectivity index (χ0) is 23.1. The van der Waals surface area contributed by atoms with E-state index in [9.17, 15) is 19.2 Å². The lowest BCUT2D eigenvalue weighted by atomic mass is 9.99. The number of carbonyl (C=O) groups excluding carboxylic acids is 4. The standard InChI is InChI=1S/C20H25NO9S/c1-10(22)26-9-16-17(27-11(2)23)18(28-12(3)24)19(29-13(4)25)20(30-16)31-15-7-5-14(21)6-8-15/h5-8,16-20H,9,21H2,1-4H3/t16-,17-,18+,19-,20+/m1/s1. The van der Waals surface area contributed by atoms with Crippen LogP contribution in [0.5, 0.6) is 0 Å². The first kappa shape index (κ1) is 24.5. The fraction of sp³-hybridized carbons (Fsp3) is 0.500. The van der Waals surface area contributed by atoms with Gasteiger partial charge in [-0.05, 0) is 24.3 Å². The number of ether oxygens (including phenoxy) is 5. The molecule has 0 saturated carbocycles. The summed E-state index contributed by atoms with van der Waals surface area (Å²) in [6.45, 7) is 4.49. The molecule has 0 aliphatic carbocycles. The number of hydrogen-bond donors (Lipinski definition) is 1.